The maximum absolute atomic E-state index is 12.6. The lowest BCUT2D eigenvalue weighted by molar-refractivity contribution is 0.0882. The average molecular weight is 320 g/mol. The molecule has 124 valence electrons. The molecule has 24 heavy (non-hydrogen) atoms. The molecule has 0 radical (unpaired) electrons. The van der Waals surface area contributed by atoms with Crippen LogP contribution in [0.2, 0.25) is 0 Å². The molecule has 0 spiro atoms. The van der Waals surface area contributed by atoms with Gasteiger partial charge in [-0.15, -0.1) is 0 Å². The summed E-state index contributed by atoms with van der Waals surface area (Å²) in [5.74, 6) is 0.465. The minimum Gasteiger partial charge on any atom is -0.345 e. The van der Waals surface area contributed by atoms with E-state index in [1.807, 2.05) is 13.0 Å². The van der Waals surface area contributed by atoms with Gasteiger partial charge >= 0.3 is 0 Å². The van der Waals surface area contributed by atoms with Gasteiger partial charge < -0.3 is 5.32 Å². The minimum atomic E-state index is -0.158. The Labute approximate surface area is 143 Å². The fourth-order valence-corrected chi connectivity index (χ4v) is 4.38. The van der Waals surface area contributed by atoms with Gasteiger partial charge in [0.15, 0.2) is 0 Å². The predicted molar refractivity (Wildman–Crippen MR) is 96.4 cm³/mol. The van der Waals surface area contributed by atoms with E-state index in [0.717, 1.165) is 37.2 Å². The molecular formula is C21H24N2O. The zero-order valence-electron chi connectivity index (χ0n) is 14.4. The minimum absolute atomic E-state index is 0.0896. The van der Waals surface area contributed by atoms with Gasteiger partial charge in [-0.1, -0.05) is 48.5 Å². The lowest BCUT2D eigenvalue weighted by Gasteiger charge is -2.38. The summed E-state index contributed by atoms with van der Waals surface area (Å²) in [4.78, 5) is 15.1. The van der Waals surface area contributed by atoms with Crippen LogP contribution in [0.4, 0.5) is 0 Å². The first-order valence-corrected chi connectivity index (χ1v) is 8.75. The van der Waals surface area contributed by atoms with Gasteiger partial charge in [-0.2, -0.15) is 0 Å². The third-order valence-corrected chi connectivity index (χ3v) is 5.63. The van der Waals surface area contributed by atoms with Crippen molar-refractivity contribution < 1.29 is 4.79 Å². The molecule has 1 fully saturated rings. The van der Waals surface area contributed by atoms with Gasteiger partial charge in [0.2, 0.25) is 0 Å². The summed E-state index contributed by atoms with van der Waals surface area (Å²) < 4.78 is 0. The number of hydrogen-bond donors (Lipinski definition) is 1. The molecular weight excluding hydrogens is 296 g/mol. The van der Waals surface area contributed by atoms with Crippen LogP contribution in [0.15, 0.2) is 48.5 Å². The summed E-state index contributed by atoms with van der Waals surface area (Å²) in [5.41, 5.74) is 4.41. The molecule has 4 rings (SSSR count). The second kappa shape index (κ2) is 5.75. The second-order valence-corrected chi connectivity index (χ2v) is 7.43. The van der Waals surface area contributed by atoms with Crippen molar-refractivity contribution in [2.24, 2.45) is 0 Å². The smallest absolute Gasteiger partial charge is 0.252 e. The number of rotatable bonds is 3. The molecule has 2 aliphatic heterocycles. The number of carbonyl (C=O) groups is 1. The van der Waals surface area contributed by atoms with Crippen LogP contribution in [0.3, 0.4) is 0 Å². The highest BCUT2D eigenvalue weighted by atomic mass is 16.2. The molecule has 1 amide bonds. The van der Waals surface area contributed by atoms with Crippen LogP contribution in [-0.4, -0.2) is 36.0 Å². The van der Waals surface area contributed by atoms with Crippen LogP contribution in [-0.2, 0) is 6.42 Å². The monoisotopic (exact) mass is 320 g/mol. The Kier molecular flexibility index (Phi) is 3.69. The van der Waals surface area contributed by atoms with Crippen molar-refractivity contribution in [1.29, 1.82) is 0 Å². The number of nitrogens with zero attached hydrogens (tertiary/aromatic N) is 1. The van der Waals surface area contributed by atoms with E-state index >= 15 is 0 Å². The molecule has 0 aromatic heterocycles. The fraction of sp³-hybridized carbons (Fsp3) is 0.381. The third kappa shape index (κ3) is 2.53. The van der Waals surface area contributed by atoms with Crippen LogP contribution in [0.1, 0.15) is 39.9 Å². The molecule has 2 heterocycles. The molecule has 3 heteroatoms. The first-order chi connectivity index (χ1) is 11.6. The van der Waals surface area contributed by atoms with Crippen molar-refractivity contribution in [1.82, 2.24) is 10.2 Å². The molecule has 1 N–H and O–H groups in total. The molecule has 3 nitrogen and oxygen atoms in total. The predicted octanol–water partition coefficient (Wildman–Crippen LogP) is 3.14. The lowest BCUT2D eigenvalue weighted by atomic mass is 9.77. The maximum atomic E-state index is 12.6. The van der Waals surface area contributed by atoms with E-state index in [1.165, 1.54) is 11.1 Å². The maximum Gasteiger partial charge on any atom is 0.252 e. The van der Waals surface area contributed by atoms with Crippen molar-refractivity contribution in [3.8, 4) is 0 Å². The SMILES string of the molecule is Cc1cccc2c1C(=O)NC1(C)CN(CCc3ccccc3)CC21. The molecule has 2 unspecified atom stereocenters. The van der Waals surface area contributed by atoms with Crippen molar-refractivity contribution in [3.05, 3.63) is 70.8 Å². The van der Waals surface area contributed by atoms with E-state index in [1.54, 1.807) is 0 Å². The molecule has 0 aliphatic carbocycles. The summed E-state index contributed by atoms with van der Waals surface area (Å²) in [7, 11) is 0. The normalized spacial score (nSPS) is 25.9. The van der Waals surface area contributed by atoms with Crippen LogP contribution < -0.4 is 5.32 Å². The fourth-order valence-electron chi connectivity index (χ4n) is 4.38. The number of aryl methyl sites for hydroxylation is 1. The number of amides is 1. The van der Waals surface area contributed by atoms with Crippen molar-refractivity contribution in [3.63, 3.8) is 0 Å². The molecule has 1 saturated heterocycles. The van der Waals surface area contributed by atoms with Crippen LogP contribution in [0.5, 0.6) is 0 Å². The Bertz CT molecular complexity index is 771. The standard InChI is InChI=1S/C21H24N2O/c1-15-7-6-10-17-18-13-23(12-11-16-8-4-3-5-9-16)14-21(18,2)22-20(24)19(15)17/h3-10,18H,11-14H2,1-2H3,(H,22,24). The van der Waals surface area contributed by atoms with Crippen molar-refractivity contribution >= 4 is 5.91 Å². The van der Waals surface area contributed by atoms with E-state index in [0.29, 0.717) is 5.92 Å². The Hall–Kier alpha value is -2.13. The molecule has 2 aromatic carbocycles. The number of likely N-dealkylation sites (tertiary alicyclic amines) is 1. The van der Waals surface area contributed by atoms with Crippen LogP contribution in [0, 0.1) is 6.92 Å². The van der Waals surface area contributed by atoms with E-state index in [2.05, 4.69) is 59.6 Å². The first kappa shape index (κ1) is 15.4. The highest BCUT2D eigenvalue weighted by Crippen LogP contribution is 2.41. The van der Waals surface area contributed by atoms with E-state index in [9.17, 15) is 4.79 Å². The Balaban J connectivity index is 1.56. The number of hydrogen-bond acceptors (Lipinski definition) is 2. The zero-order valence-corrected chi connectivity index (χ0v) is 14.4. The number of fused-ring (bicyclic) bond motifs is 3. The van der Waals surface area contributed by atoms with Gasteiger partial charge in [0.25, 0.3) is 5.91 Å². The van der Waals surface area contributed by atoms with Gasteiger partial charge in [-0.25, -0.2) is 0 Å². The van der Waals surface area contributed by atoms with Gasteiger partial charge in [-0.3, -0.25) is 9.69 Å². The third-order valence-electron chi connectivity index (χ3n) is 5.63. The van der Waals surface area contributed by atoms with E-state index in [-0.39, 0.29) is 11.4 Å². The van der Waals surface area contributed by atoms with Gasteiger partial charge in [0.05, 0.1) is 5.54 Å². The highest BCUT2D eigenvalue weighted by molar-refractivity contribution is 5.99. The summed E-state index contributed by atoms with van der Waals surface area (Å²) in [5, 5.41) is 3.30. The van der Waals surface area contributed by atoms with E-state index < -0.39 is 0 Å². The summed E-state index contributed by atoms with van der Waals surface area (Å²) in [6.07, 6.45) is 1.05. The molecule has 2 atom stereocenters. The largest absolute Gasteiger partial charge is 0.345 e. The summed E-state index contributed by atoms with van der Waals surface area (Å²) >= 11 is 0. The van der Waals surface area contributed by atoms with Crippen LogP contribution in [0.25, 0.3) is 0 Å². The summed E-state index contributed by atoms with van der Waals surface area (Å²) in [6, 6.07) is 16.9. The van der Waals surface area contributed by atoms with E-state index in [4.69, 9.17) is 0 Å². The zero-order chi connectivity index (χ0) is 16.7. The molecule has 2 aliphatic rings. The second-order valence-electron chi connectivity index (χ2n) is 7.43. The van der Waals surface area contributed by atoms with Crippen LogP contribution >= 0.6 is 0 Å². The number of benzene rings is 2. The highest BCUT2D eigenvalue weighted by Gasteiger charge is 2.48. The van der Waals surface area contributed by atoms with Gasteiger partial charge in [-0.05, 0) is 37.0 Å². The molecule has 0 saturated carbocycles. The Morgan fingerprint density at radius 1 is 1.17 bits per heavy atom. The lowest BCUT2D eigenvalue weighted by Crippen LogP contribution is -2.54. The molecule has 2 aromatic rings. The topological polar surface area (TPSA) is 32.3 Å². The van der Waals surface area contributed by atoms with Gasteiger partial charge in [0, 0.05) is 31.1 Å². The van der Waals surface area contributed by atoms with Crippen molar-refractivity contribution in [2.45, 2.75) is 31.7 Å². The first-order valence-electron chi connectivity index (χ1n) is 8.75. The summed E-state index contributed by atoms with van der Waals surface area (Å²) in [6.45, 7) is 7.20. The molecule has 0 bridgehead atoms. The van der Waals surface area contributed by atoms with Gasteiger partial charge in [0.1, 0.15) is 0 Å². The Morgan fingerprint density at radius 2 is 1.96 bits per heavy atom. The number of nitrogens with one attached hydrogen (secondary N) is 1. The quantitative estimate of drug-likeness (QED) is 0.942. The average Bonchev–Trinajstić information content (AvgIpc) is 2.90. The number of carbonyl (C=O) groups excluding carboxylic acids is 1. The Morgan fingerprint density at radius 3 is 2.75 bits per heavy atom. The van der Waals surface area contributed by atoms with Crippen molar-refractivity contribution in [2.75, 3.05) is 19.6 Å².